The zero-order chi connectivity index (χ0) is 9.10. The van der Waals surface area contributed by atoms with Gasteiger partial charge in [-0.15, -0.1) is 6.42 Å². The van der Waals surface area contributed by atoms with E-state index >= 15 is 0 Å². The van der Waals surface area contributed by atoms with Crippen molar-refractivity contribution >= 4 is 0 Å². The zero-order valence-electron chi connectivity index (χ0n) is 7.01. The highest BCUT2D eigenvalue weighted by Crippen LogP contribution is 2.11. The van der Waals surface area contributed by atoms with Gasteiger partial charge in [-0.25, -0.2) is 4.68 Å². The second-order valence-corrected chi connectivity index (χ2v) is 2.61. The van der Waals surface area contributed by atoms with E-state index in [-0.39, 0.29) is 0 Å². The Balaban J connectivity index is 2.59. The number of aromatic nitrogens is 2. The second kappa shape index (κ2) is 3.16. The molecule has 1 heterocycles. The summed E-state index contributed by atoms with van der Waals surface area (Å²) in [5, 5.41) is 4.12. The van der Waals surface area contributed by atoms with Gasteiger partial charge in [-0.05, 0) is 18.2 Å². The van der Waals surface area contributed by atoms with Gasteiger partial charge in [0, 0.05) is 18.0 Å². The predicted octanol–water partition coefficient (Wildman–Crippen LogP) is 1.85. The van der Waals surface area contributed by atoms with Gasteiger partial charge in [-0.2, -0.15) is 5.10 Å². The van der Waals surface area contributed by atoms with Crippen LogP contribution in [-0.2, 0) is 0 Å². The molecular weight excluding hydrogens is 160 g/mol. The fourth-order valence-corrected chi connectivity index (χ4v) is 1.21. The van der Waals surface area contributed by atoms with E-state index in [1.807, 2.05) is 36.5 Å². The first-order valence-electron chi connectivity index (χ1n) is 3.97. The standard InChI is InChI=1S/C11H8N2/c1-2-10-6-3-4-7-11(10)13-9-5-8-12-13/h1,3-9H. The molecule has 2 rings (SSSR count). The molecule has 62 valence electrons. The molecule has 0 bridgehead atoms. The third-order valence-corrected chi connectivity index (χ3v) is 1.81. The molecule has 0 amide bonds. The van der Waals surface area contributed by atoms with Gasteiger partial charge in [0.25, 0.3) is 0 Å². The van der Waals surface area contributed by atoms with E-state index in [0.717, 1.165) is 11.3 Å². The minimum atomic E-state index is 0.853. The number of nitrogens with zero attached hydrogens (tertiary/aromatic N) is 2. The number of benzene rings is 1. The maximum atomic E-state index is 5.37. The largest absolute Gasteiger partial charge is 0.240 e. The summed E-state index contributed by atoms with van der Waals surface area (Å²) in [6.07, 6.45) is 8.97. The van der Waals surface area contributed by atoms with E-state index in [0.29, 0.717) is 0 Å². The van der Waals surface area contributed by atoms with E-state index in [9.17, 15) is 0 Å². The molecule has 2 nitrogen and oxygen atoms in total. The first kappa shape index (κ1) is 7.63. The Kier molecular flexibility index (Phi) is 1.85. The van der Waals surface area contributed by atoms with Crippen LogP contribution in [0.4, 0.5) is 0 Å². The Bertz CT molecular complexity index is 435. The van der Waals surface area contributed by atoms with Gasteiger partial charge < -0.3 is 0 Å². The minimum absolute atomic E-state index is 0.853. The molecule has 0 aliphatic carbocycles. The van der Waals surface area contributed by atoms with Gasteiger partial charge in [0.2, 0.25) is 0 Å². The van der Waals surface area contributed by atoms with Crippen LogP contribution in [0, 0.1) is 12.3 Å². The monoisotopic (exact) mass is 168 g/mol. The highest BCUT2D eigenvalue weighted by molar-refractivity contribution is 5.49. The second-order valence-electron chi connectivity index (χ2n) is 2.61. The van der Waals surface area contributed by atoms with E-state index in [4.69, 9.17) is 6.42 Å². The average Bonchev–Trinajstić information content (AvgIpc) is 2.70. The lowest BCUT2D eigenvalue weighted by atomic mass is 10.2. The summed E-state index contributed by atoms with van der Waals surface area (Å²) in [6, 6.07) is 9.58. The smallest absolute Gasteiger partial charge is 0.0801 e. The van der Waals surface area contributed by atoms with Crippen LogP contribution in [0.2, 0.25) is 0 Å². The van der Waals surface area contributed by atoms with Crippen molar-refractivity contribution in [2.75, 3.05) is 0 Å². The van der Waals surface area contributed by atoms with Crippen molar-refractivity contribution in [1.82, 2.24) is 9.78 Å². The summed E-state index contributed by atoms with van der Waals surface area (Å²) >= 11 is 0. The number of rotatable bonds is 1. The molecule has 1 aromatic carbocycles. The quantitative estimate of drug-likeness (QED) is 0.594. The SMILES string of the molecule is C#Cc1ccccc1-n1cccn1. The van der Waals surface area contributed by atoms with E-state index < -0.39 is 0 Å². The zero-order valence-corrected chi connectivity index (χ0v) is 7.01. The highest BCUT2D eigenvalue weighted by Gasteiger charge is 1.99. The summed E-state index contributed by atoms with van der Waals surface area (Å²) in [7, 11) is 0. The molecule has 0 unspecified atom stereocenters. The van der Waals surface area contributed by atoms with Crippen LogP contribution < -0.4 is 0 Å². The number of terminal acetylenes is 1. The fourth-order valence-electron chi connectivity index (χ4n) is 1.21. The Morgan fingerprint density at radius 2 is 2.08 bits per heavy atom. The molecule has 0 aliphatic heterocycles. The van der Waals surface area contributed by atoms with E-state index in [1.54, 1.807) is 10.9 Å². The maximum absolute atomic E-state index is 5.37. The first-order valence-corrected chi connectivity index (χ1v) is 3.97. The number of para-hydroxylation sites is 1. The lowest BCUT2D eigenvalue weighted by Crippen LogP contribution is -1.96. The molecule has 0 radical (unpaired) electrons. The first-order chi connectivity index (χ1) is 6.42. The molecule has 0 fully saturated rings. The van der Waals surface area contributed by atoms with Gasteiger partial charge in [-0.3, -0.25) is 0 Å². The van der Waals surface area contributed by atoms with Gasteiger partial charge in [0.15, 0.2) is 0 Å². The Labute approximate surface area is 76.8 Å². The van der Waals surface area contributed by atoms with Crippen molar-refractivity contribution < 1.29 is 0 Å². The van der Waals surface area contributed by atoms with Crippen molar-refractivity contribution in [3.63, 3.8) is 0 Å². The summed E-state index contributed by atoms with van der Waals surface area (Å²) in [5.41, 5.74) is 1.79. The van der Waals surface area contributed by atoms with E-state index in [2.05, 4.69) is 11.0 Å². The van der Waals surface area contributed by atoms with Crippen LogP contribution in [0.5, 0.6) is 0 Å². The Morgan fingerprint density at radius 3 is 2.77 bits per heavy atom. The van der Waals surface area contributed by atoms with Crippen LogP contribution in [0.25, 0.3) is 5.69 Å². The number of hydrogen-bond acceptors (Lipinski definition) is 1. The van der Waals surface area contributed by atoms with Crippen molar-refractivity contribution in [2.45, 2.75) is 0 Å². The summed E-state index contributed by atoms with van der Waals surface area (Å²) in [4.78, 5) is 0. The van der Waals surface area contributed by atoms with Gasteiger partial charge in [0.05, 0.1) is 5.69 Å². The molecule has 0 N–H and O–H groups in total. The minimum Gasteiger partial charge on any atom is -0.240 e. The van der Waals surface area contributed by atoms with Crippen molar-refractivity contribution in [3.05, 3.63) is 48.3 Å². The molecule has 2 heteroatoms. The Morgan fingerprint density at radius 1 is 1.23 bits per heavy atom. The Hall–Kier alpha value is -2.01. The van der Waals surface area contributed by atoms with Crippen molar-refractivity contribution in [3.8, 4) is 18.0 Å². The molecular formula is C11H8N2. The van der Waals surface area contributed by atoms with Crippen molar-refractivity contribution in [1.29, 1.82) is 0 Å². The summed E-state index contributed by atoms with van der Waals surface area (Å²) in [6.45, 7) is 0. The fraction of sp³-hybridized carbons (Fsp3) is 0. The molecule has 0 aliphatic rings. The summed E-state index contributed by atoms with van der Waals surface area (Å²) < 4.78 is 1.76. The van der Waals surface area contributed by atoms with Crippen LogP contribution >= 0.6 is 0 Å². The third-order valence-electron chi connectivity index (χ3n) is 1.81. The average molecular weight is 168 g/mol. The highest BCUT2D eigenvalue weighted by atomic mass is 15.3. The molecule has 1 aromatic heterocycles. The van der Waals surface area contributed by atoms with Gasteiger partial charge >= 0.3 is 0 Å². The van der Waals surface area contributed by atoms with Gasteiger partial charge in [0.1, 0.15) is 0 Å². The molecule has 0 atom stereocenters. The third kappa shape index (κ3) is 1.32. The number of hydrogen-bond donors (Lipinski definition) is 0. The predicted molar refractivity (Wildman–Crippen MR) is 51.5 cm³/mol. The normalized spacial score (nSPS) is 9.46. The molecule has 0 saturated carbocycles. The molecule has 0 saturated heterocycles. The van der Waals surface area contributed by atoms with Crippen LogP contribution in [0.3, 0.4) is 0 Å². The maximum Gasteiger partial charge on any atom is 0.0801 e. The van der Waals surface area contributed by atoms with Crippen LogP contribution in [0.1, 0.15) is 5.56 Å². The molecule has 0 spiro atoms. The molecule has 13 heavy (non-hydrogen) atoms. The summed E-state index contributed by atoms with van der Waals surface area (Å²) in [5.74, 6) is 2.62. The lowest BCUT2D eigenvalue weighted by Gasteiger charge is -2.02. The molecule has 2 aromatic rings. The van der Waals surface area contributed by atoms with E-state index in [1.165, 1.54) is 0 Å². The lowest BCUT2D eigenvalue weighted by molar-refractivity contribution is 0.878. The van der Waals surface area contributed by atoms with Gasteiger partial charge in [-0.1, -0.05) is 18.1 Å². The topological polar surface area (TPSA) is 17.8 Å². The van der Waals surface area contributed by atoms with Crippen LogP contribution in [-0.4, -0.2) is 9.78 Å². The van der Waals surface area contributed by atoms with Crippen molar-refractivity contribution in [2.24, 2.45) is 0 Å². The van der Waals surface area contributed by atoms with Crippen LogP contribution in [0.15, 0.2) is 42.7 Å².